The van der Waals surface area contributed by atoms with Crippen LogP contribution in [0.2, 0.25) is 18.1 Å². The maximum absolute atomic E-state index is 12.8. The molecule has 1 amide bonds. The Kier molecular flexibility index (Phi) is 7.04. The summed E-state index contributed by atoms with van der Waals surface area (Å²) >= 11 is 3.44. The van der Waals surface area contributed by atoms with Crippen molar-refractivity contribution in [1.29, 1.82) is 0 Å². The van der Waals surface area contributed by atoms with Gasteiger partial charge in [0.1, 0.15) is 5.60 Å². The summed E-state index contributed by atoms with van der Waals surface area (Å²) in [7, 11) is -1.95. The van der Waals surface area contributed by atoms with Gasteiger partial charge in [-0.2, -0.15) is 0 Å². The molecule has 0 saturated carbocycles. The normalized spacial score (nSPS) is 21.5. The van der Waals surface area contributed by atoms with Gasteiger partial charge in [-0.1, -0.05) is 20.8 Å². The number of likely N-dealkylation sites (tertiary alicyclic amines) is 1. The van der Waals surface area contributed by atoms with E-state index in [2.05, 4.69) is 54.8 Å². The average Bonchev–Trinajstić information content (AvgIpc) is 2.52. The van der Waals surface area contributed by atoms with Gasteiger partial charge < -0.3 is 14.1 Å². The third-order valence-electron chi connectivity index (χ3n) is 5.50. The van der Waals surface area contributed by atoms with Crippen LogP contribution in [-0.2, 0) is 9.16 Å². The number of piperidine rings is 1. The van der Waals surface area contributed by atoms with E-state index < -0.39 is 13.9 Å². The van der Waals surface area contributed by atoms with Crippen molar-refractivity contribution in [2.75, 3.05) is 13.1 Å². The van der Waals surface area contributed by atoms with Crippen molar-refractivity contribution in [3.63, 3.8) is 0 Å². The van der Waals surface area contributed by atoms with Crippen LogP contribution in [0.25, 0.3) is 0 Å². The van der Waals surface area contributed by atoms with E-state index in [1.807, 2.05) is 39.1 Å². The molecule has 2 atom stereocenters. The lowest BCUT2D eigenvalue weighted by Crippen LogP contribution is -2.52. The molecule has 28 heavy (non-hydrogen) atoms. The van der Waals surface area contributed by atoms with Gasteiger partial charge in [-0.3, -0.25) is 4.98 Å². The predicted molar refractivity (Wildman–Crippen MR) is 119 cm³/mol. The van der Waals surface area contributed by atoms with Gasteiger partial charge in [0.05, 0.1) is 6.10 Å². The first-order valence-electron chi connectivity index (χ1n) is 9.95. The number of hydrogen-bond donors (Lipinski definition) is 0. The summed E-state index contributed by atoms with van der Waals surface area (Å²) in [6, 6.07) is 4.02. The Morgan fingerprint density at radius 2 is 1.82 bits per heavy atom. The highest BCUT2D eigenvalue weighted by atomic mass is 79.9. The SMILES string of the molecule is CC(C)(C)OC(=O)N1CC(c2ccc(Br)cn2)C[C@@H](O[Si](C)(C)C(C)(C)C)C1. The lowest BCUT2D eigenvalue weighted by atomic mass is 9.93. The lowest BCUT2D eigenvalue weighted by molar-refractivity contribution is 0.00192. The zero-order chi connectivity index (χ0) is 21.3. The second-order valence-corrected chi connectivity index (χ2v) is 15.9. The van der Waals surface area contributed by atoms with Gasteiger partial charge in [-0.05, 0) is 73.4 Å². The number of rotatable bonds is 3. The fourth-order valence-electron chi connectivity index (χ4n) is 3.05. The Labute approximate surface area is 179 Å². The quantitative estimate of drug-likeness (QED) is 0.511. The van der Waals surface area contributed by atoms with Crippen LogP contribution in [0.3, 0.4) is 0 Å². The number of pyridine rings is 1. The van der Waals surface area contributed by atoms with E-state index in [9.17, 15) is 4.79 Å². The standard InChI is InChI=1S/C21H35BrN2O3Si/c1-20(2,3)26-19(25)24-13-15(18-10-9-16(22)12-23-18)11-17(14-24)27-28(7,8)21(4,5)6/h9-10,12,15,17H,11,13-14H2,1-8H3/t15?,17-/m1/s1. The number of carbonyl (C=O) groups is 1. The summed E-state index contributed by atoms with van der Waals surface area (Å²) in [5.74, 6) is 0.129. The Balaban J connectivity index is 2.25. The maximum Gasteiger partial charge on any atom is 0.410 e. The monoisotopic (exact) mass is 470 g/mol. The smallest absolute Gasteiger partial charge is 0.410 e. The molecule has 5 nitrogen and oxygen atoms in total. The van der Waals surface area contributed by atoms with Crippen molar-refractivity contribution in [1.82, 2.24) is 9.88 Å². The molecule has 0 bridgehead atoms. The third-order valence-corrected chi connectivity index (χ3v) is 10.5. The largest absolute Gasteiger partial charge is 0.444 e. The highest BCUT2D eigenvalue weighted by Gasteiger charge is 2.42. The van der Waals surface area contributed by atoms with Crippen molar-refractivity contribution in [2.24, 2.45) is 0 Å². The molecular formula is C21H35BrN2O3Si. The minimum absolute atomic E-state index is 0.0161. The van der Waals surface area contributed by atoms with E-state index in [1.165, 1.54) is 0 Å². The van der Waals surface area contributed by atoms with E-state index in [-0.39, 0.29) is 23.2 Å². The summed E-state index contributed by atoms with van der Waals surface area (Å²) in [5.41, 5.74) is 0.468. The summed E-state index contributed by atoms with van der Waals surface area (Å²) in [6.45, 7) is 18.1. The van der Waals surface area contributed by atoms with Crippen molar-refractivity contribution in [3.05, 3.63) is 28.5 Å². The van der Waals surface area contributed by atoms with Crippen molar-refractivity contribution < 1.29 is 14.0 Å². The summed E-state index contributed by atoms with van der Waals surface area (Å²) < 4.78 is 13.3. The highest BCUT2D eigenvalue weighted by Crippen LogP contribution is 2.39. The summed E-state index contributed by atoms with van der Waals surface area (Å²) in [5, 5.41) is 0.118. The summed E-state index contributed by atoms with van der Waals surface area (Å²) in [4.78, 5) is 19.2. The molecule has 1 aromatic rings. The Morgan fingerprint density at radius 3 is 2.32 bits per heavy atom. The van der Waals surface area contributed by atoms with Gasteiger partial charge in [-0.25, -0.2) is 4.79 Å². The topological polar surface area (TPSA) is 51.7 Å². The van der Waals surface area contributed by atoms with Gasteiger partial charge in [-0.15, -0.1) is 0 Å². The maximum atomic E-state index is 12.8. The Morgan fingerprint density at radius 1 is 1.18 bits per heavy atom. The molecule has 158 valence electrons. The van der Waals surface area contributed by atoms with Crippen molar-refractivity contribution in [3.8, 4) is 0 Å². The van der Waals surface area contributed by atoms with E-state index in [0.29, 0.717) is 13.1 Å². The van der Waals surface area contributed by atoms with E-state index in [4.69, 9.17) is 9.16 Å². The van der Waals surface area contributed by atoms with Crippen LogP contribution in [0.5, 0.6) is 0 Å². The van der Waals surface area contributed by atoms with Crippen LogP contribution in [0.1, 0.15) is 59.6 Å². The molecule has 2 rings (SSSR count). The van der Waals surface area contributed by atoms with Gasteiger partial charge in [0, 0.05) is 35.4 Å². The van der Waals surface area contributed by atoms with Crippen LogP contribution in [0.15, 0.2) is 22.8 Å². The molecule has 1 unspecified atom stereocenters. The lowest BCUT2D eigenvalue weighted by Gasteiger charge is -2.44. The number of halogens is 1. The zero-order valence-electron chi connectivity index (χ0n) is 18.5. The fourth-order valence-corrected chi connectivity index (χ4v) is 4.64. The molecule has 0 radical (unpaired) electrons. The molecule has 0 aromatic carbocycles. The Bertz CT molecular complexity index is 680. The molecule has 1 aromatic heterocycles. The van der Waals surface area contributed by atoms with Crippen LogP contribution in [-0.4, -0.2) is 49.1 Å². The minimum Gasteiger partial charge on any atom is -0.444 e. The second-order valence-electron chi connectivity index (χ2n) is 10.2. The first kappa shape index (κ1) is 23.4. The van der Waals surface area contributed by atoms with Gasteiger partial charge in [0.15, 0.2) is 8.32 Å². The molecule has 0 spiro atoms. The second kappa shape index (κ2) is 8.44. The molecule has 1 aliphatic rings. The number of hydrogen-bond acceptors (Lipinski definition) is 4. The number of ether oxygens (including phenoxy) is 1. The van der Waals surface area contributed by atoms with Crippen molar-refractivity contribution >= 4 is 30.3 Å². The van der Waals surface area contributed by atoms with E-state index >= 15 is 0 Å². The average molecular weight is 472 g/mol. The van der Waals surface area contributed by atoms with E-state index in [0.717, 1.165) is 16.6 Å². The van der Waals surface area contributed by atoms with Gasteiger partial charge in [0.25, 0.3) is 0 Å². The van der Waals surface area contributed by atoms with E-state index in [1.54, 1.807) is 4.90 Å². The van der Waals surface area contributed by atoms with Gasteiger partial charge >= 0.3 is 6.09 Å². The van der Waals surface area contributed by atoms with Crippen LogP contribution >= 0.6 is 15.9 Å². The number of carbonyl (C=O) groups excluding carboxylic acids is 1. The third kappa shape index (κ3) is 6.29. The molecule has 1 fully saturated rings. The first-order valence-corrected chi connectivity index (χ1v) is 13.7. The Hall–Kier alpha value is -0.923. The van der Waals surface area contributed by atoms with Gasteiger partial charge in [0.2, 0.25) is 0 Å². The highest BCUT2D eigenvalue weighted by molar-refractivity contribution is 9.10. The molecule has 1 saturated heterocycles. The van der Waals surface area contributed by atoms with Crippen LogP contribution < -0.4 is 0 Å². The zero-order valence-corrected chi connectivity index (χ0v) is 21.1. The minimum atomic E-state index is -1.95. The molecule has 2 heterocycles. The number of nitrogens with zero attached hydrogens (tertiary/aromatic N) is 2. The molecular weight excluding hydrogens is 436 g/mol. The van der Waals surface area contributed by atoms with Crippen molar-refractivity contribution in [2.45, 2.75) is 83.7 Å². The molecule has 7 heteroatoms. The van der Waals surface area contributed by atoms with Crippen LogP contribution in [0, 0.1) is 0 Å². The predicted octanol–water partition coefficient (Wildman–Crippen LogP) is 5.96. The fraction of sp³-hybridized carbons (Fsp3) is 0.714. The molecule has 0 N–H and O–H groups in total. The molecule has 1 aliphatic heterocycles. The summed E-state index contributed by atoms with van der Waals surface area (Å²) in [6.07, 6.45) is 2.38. The first-order chi connectivity index (χ1) is 12.7. The number of aromatic nitrogens is 1. The molecule has 0 aliphatic carbocycles. The number of amides is 1. The van der Waals surface area contributed by atoms with Crippen LogP contribution in [0.4, 0.5) is 4.79 Å².